The van der Waals surface area contributed by atoms with Gasteiger partial charge in [0.15, 0.2) is 11.5 Å². The molecule has 11 nitrogen and oxygen atoms in total. The molecule has 4 aromatic rings. The number of carbonyl (C=O) groups is 2. The van der Waals surface area contributed by atoms with Crippen LogP contribution in [-0.2, 0) is 4.79 Å². The van der Waals surface area contributed by atoms with Gasteiger partial charge in [0, 0.05) is 29.7 Å². The number of hydrogen-bond donors (Lipinski definition) is 4. The summed E-state index contributed by atoms with van der Waals surface area (Å²) in [7, 11) is -2.64. The smallest absolute Gasteiger partial charge is 0.321 e. The van der Waals surface area contributed by atoms with Gasteiger partial charge >= 0.3 is 5.92 Å². The molecule has 3 aromatic carbocycles. The SMILES string of the molecule is C[C@H](NC(=O)C(C)(F)F)[C@H](Oc1ccc2c(cnn2-c2cccc(C(=O)N[C@@H]3CCS(O)(O)C3)c2)c1)c1ccc2c(c1)OCCO2. The third kappa shape index (κ3) is 6.88. The van der Waals surface area contributed by atoms with Crippen LogP contribution >= 0.6 is 10.6 Å². The summed E-state index contributed by atoms with van der Waals surface area (Å²) in [5.41, 5.74) is 2.35. The molecule has 1 aromatic heterocycles. The monoisotopic (exact) mass is 656 g/mol. The molecule has 3 atom stereocenters. The zero-order chi connectivity index (χ0) is 32.6. The van der Waals surface area contributed by atoms with Gasteiger partial charge in [0.1, 0.15) is 25.1 Å². The van der Waals surface area contributed by atoms with Crippen molar-refractivity contribution in [2.45, 2.75) is 44.4 Å². The summed E-state index contributed by atoms with van der Waals surface area (Å²) in [4.78, 5) is 25.1. The van der Waals surface area contributed by atoms with Gasteiger partial charge in [-0.1, -0.05) is 12.1 Å². The van der Waals surface area contributed by atoms with E-state index in [4.69, 9.17) is 14.2 Å². The molecular weight excluding hydrogens is 622 g/mol. The summed E-state index contributed by atoms with van der Waals surface area (Å²) in [6.07, 6.45) is 1.28. The Bertz CT molecular complexity index is 1780. The maximum atomic E-state index is 13.8. The Morgan fingerprint density at radius 2 is 1.87 bits per heavy atom. The number of halogens is 2. The molecule has 2 aliphatic rings. The molecule has 6 rings (SSSR count). The van der Waals surface area contributed by atoms with Gasteiger partial charge in [-0.05, 0) is 67.4 Å². The van der Waals surface area contributed by atoms with Crippen LogP contribution in [0.5, 0.6) is 17.2 Å². The standard InChI is InChI=1S/C32H34F2N4O7S/c1-19(36-31(40)32(2,33)34)29(20-6-9-27-28(16-20)44-12-11-43-27)45-25-7-8-26-22(15-25)17-35-38(26)24-5-3-4-21(14-24)30(39)37-23-10-13-46(41,42)18-23/h3-9,14-17,19,23,29,41-42H,10-13,18H2,1-2H3,(H,36,40)(H,37,39)/t19-,23+,29-/m0/s1. The first-order valence-electron chi connectivity index (χ1n) is 14.7. The highest BCUT2D eigenvalue weighted by molar-refractivity contribution is 8.24. The van der Waals surface area contributed by atoms with Crippen molar-refractivity contribution in [3.63, 3.8) is 0 Å². The summed E-state index contributed by atoms with van der Waals surface area (Å²) in [6, 6.07) is 16.2. The van der Waals surface area contributed by atoms with Crippen LogP contribution in [0.15, 0.2) is 66.9 Å². The zero-order valence-corrected chi connectivity index (χ0v) is 25.9. The third-order valence-corrected chi connectivity index (χ3v) is 9.68. The van der Waals surface area contributed by atoms with Crippen LogP contribution in [0.1, 0.15) is 42.3 Å². The molecule has 2 amide bonds. The zero-order valence-electron chi connectivity index (χ0n) is 25.1. The van der Waals surface area contributed by atoms with E-state index in [0.29, 0.717) is 66.0 Å². The molecule has 0 saturated carbocycles. The van der Waals surface area contributed by atoms with E-state index in [-0.39, 0.29) is 23.5 Å². The second-order valence-corrected chi connectivity index (χ2v) is 13.9. The lowest BCUT2D eigenvalue weighted by molar-refractivity contribution is -0.144. The van der Waals surface area contributed by atoms with Crippen molar-refractivity contribution in [3.05, 3.63) is 78.0 Å². The van der Waals surface area contributed by atoms with E-state index in [1.165, 1.54) is 0 Å². The molecule has 46 heavy (non-hydrogen) atoms. The fraction of sp³-hybridized carbons (Fsp3) is 0.344. The Morgan fingerprint density at radius 1 is 1.09 bits per heavy atom. The molecule has 0 bridgehead atoms. The molecule has 244 valence electrons. The van der Waals surface area contributed by atoms with E-state index in [2.05, 4.69) is 15.7 Å². The minimum absolute atomic E-state index is 0.151. The van der Waals surface area contributed by atoms with Crippen LogP contribution in [-0.4, -0.2) is 73.4 Å². The van der Waals surface area contributed by atoms with Crippen molar-refractivity contribution < 1.29 is 41.7 Å². The summed E-state index contributed by atoms with van der Waals surface area (Å²) >= 11 is 0. The average Bonchev–Trinajstić information content (AvgIpc) is 3.60. The van der Waals surface area contributed by atoms with E-state index in [1.807, 2.05) is 6.07 Å². The van der Waals surface area contributed by atoms with Gasteiger partial charge in [0.25, 0.3) is 11.8 Å². The van der Waals surface area contributed by atoms with Crippen LogP contribution in [0.3, 0.4) is 0 Å². The molecule has 0 spiro atoms. The van der Waals surface area contributed by atoms with Crippen molar-refractivity contribution in [2.24, 2.45) is 0 Å². The second kappa shape index (κ2) is 12.4. The molecule has 1 fully saturated rings. The van der Waals surface area contributed by atoms with Crippen LogP contribution < -0.4 is 24.8 Å². The van der Waals surface area contributed by atoms with E-state index >= 15 is 0 Å². The lowest BCUT2D eigenvalue weighted by Gasteiger charge is -2.28. The van der Waals surface area contributed by atoms with Gasteiger partial charge in [-0.2, -0.15) is 24.5 Å². The molecular formula is C32H34F2N4O7S. The van der Waals surface area contributed by atoms with Gasteiger partial charge < -0.3 is 24.8 Å². The highest BCUT2D eigenvalue weighted by Crippen LogP contribution is 2.45. The number of benzene rings is 3. The number of hydrogen-bond acceptors (Lipinski definition) is 8. The van der Waals surface area contributed by atoms with E-state index in [1.54, 1.807) is 72.4 Å². The predicted molar refractivity (Wildman–Crippen MR) is 169 cm³/mol. The lowest BCUT2D eigenvalue weighted by atomic mass is 10.0. The maximum absolute atomic E-state index is 13.8. The molecule has 0 radical (unpaired) electrons. The minimum Gasteiger partial charge on any atom is -0.486 e. The average molecular weight is 657 g/mol. The van der Waals surface area contributed by atoms with Crippen LogP contribution in [0, 0.1) is 0 Å². The van der Waals surface area contributed by atoms with Crippen LogP contribution in [0.25, 0.3) is 16.6 Å². The second-order valence-electron chi connectivity index (χ2n) is 11.6. The first kappa shape index (κ1) is 31.6. The minimum atomic E-state index is -3.57. The molecule has 2 aliphatic heterocycles. The number of rotatable bonds is 9. The largest absolute Gasteiger partial charge is 0.486 e. The number of aromatic nitrogens is 2. The predicted octanol–water partition coefficient (Wildman–Crippen LogP) is 5.33. The topological polar surface area (TPSA) is 144 Å². The fourth-order valence-corrected chi connectivity index (χ4v) is 7.25. The molecule has 0 aliphatic carbocycles. The third-order valence-electron chi connectivity index (χ3n) is 7.86. The molecule has 0 unspecified atom stereocenters. The Morgan fingerprint density at radius 3 is 2.61 bits per heavy atom. The normalized spacial score (nSPS) is 19.2. The fourth-order valence-electron chi connectivity index (χ4n) is 5.52. The first-order valence-corrected chi connectivity index (χ1v) is 16.6. The first-order chi connectivity index (χ1) is 21.9. The van der Waals surface area contributed by atoms with E-state index < -0.39 is 34.6 Å². The van der Waals surface area contributed by atoms with Crippen LogP contribution in [0.2, 0.25) is 0 Å². The molecule has 14 heteroatoms. The number of amides is 2. The Labute approximate surface area is 265 Å². The molecule has 4 N–H and O–H groups in total. The summed E-state index contributed by atoms with van der Waals surface area (Å²) < 4.78 is 66.6. The van der Waals surface area contributed by atoms with Crippen molar-refractivity contribution in [1.82, 2.24) is 20.4 Å². The van der Waals surface area contributed by atoms with E-state index in [9.17, 15) is 27.5 Å². The van der Waals surface area contributed by atoms with Gasteiger partial charge in [-0.15, -0.1) is 0 Å². The van der Waals surface area contributed by atoms with Crippen molar-refractivity contribution in [2.75, 3.05) is 24.7 Å². The van der Waals surface area contributed by atoms with Crippen molar-refractivity contribution in [3.8, 4) is 22.9 Å². The van der Waals surface area contributed by atoms with Crippen molar-refractivity contribution >= 4 is 33.3 Å². The highest BCUT2D eigenvalue weighted by Gasteiger charge is 2.35. The number of nitrogens with one attached hydrogen (secondary N) is 2. The number of carbonyl (C=O) groups excluding carboxylic acids is 2. The van der Waals surface area contributed by atoms with Gasteiger partial charge in [0.2, 0.25) is 0 Å². The van der Waals surface area contributed by atoms with Gasteiger partial charge in [0.05, 0.1) is 29.2 Å². The summed E-state index contributed by atoms with van der Waals surface area (Å²) in [5.74, 6) is -3.42. The Hall–Kier alpha value is -4.40. The number of ether oxygens (including phenoxy) is 3. The van der Waals surface area contributed by atoms with Crippen molar-refractivity contribution in [1.29, 1.82) is 0 Å². The van der Waals surface area contributed by atoms with Gasteiger partial charge in [-0.3, -0.25) is 18.7 Å². The number of nitrogens with zero attached hydrogens (tertiary/aromatic N) is 2. The quantitative estimate of drug-likeness (QED) is 0.189. The lowest BCUT2D eigenvalue weighted by Crippen LogP contribution is -2.46. The highest BCUT2D eigenvalue weighted by atomic mass is 32.3. The number of alkyl halides is 2. The summed E-state index contributed by atoms with van der Waals surface area (Å²) in [6.45, 7) is 2.89. The Balaban J connectivity index is 1.24. The number of fused-ring (bicyclic) bond motifs is 2. The van der Waals surface area contributed by atoms with Crippen LogP contribution in [0.4, 0.5) is 8.78 Å². The summed E-state index contributed by atoms with van der Waals surface area (Å²) in [5, 5.41) is 10.5. The molecule has 3 heterocycles. The Kier molecular flexibility index (Phi) is 8.53. The van der Waals surface area contributed by atoms with Gasteiger partial charge in [-0.25, -0.2) is 4.68 Å². The van der Waals surface area contributed by atoms with E-state index in [0.717, 1.165) is 5.52 Å². The molecule has 1 saturated heterocycles. The maximum Gasteiger partial charge on any atom is 0.321 e.